The van der Waals surface area contributed by atoms with E-state index in [0.717, 1.165) is 11.9 Å². The molecule has 0 atom stereocenters. The van der Waals surface area contributed by atoms with E-state index in [1.807, 2.05) is 0 Å². The summed E-state index contributed by atoms with van der Waals surface area (Å²) in [6.07, 6.45) is -2.45. The summed E-state index contributed by atoms with van der Waals surface area (Å²) in [6, 6.07) is 0.873. The third-order valence-corrected chi connectivity index (χ3v) is 2.70. The minimum Gasteiger partial charge on any atom is -0.369 e. The lowest BCUT2D eigenvalue weighted by atomic mass is 10.3. The Morgan fingerprint density at radius 3 is 2.62 bits per heavy atom. The standard InChI is InChI=1S/C11H14F3N7/c1-15-10-18-7(11(12,13)14)5-8(19-10)16-4-3-9-20-17-6-21(9)2/h5-6H,3-4H2,1-2H3,(H2,15,16,18,19). The highest BCUT2D eigenvalue weighted by Gasteiger charge is 2.33. The second kappa shape index (κ2) is 5.94. The first kappa shape index (κ1) is 15.0. The maximum atomic E-state index is 12.7. The van der Waals surface area contributed by atoms with E-state index in [4.69, 9.17) is 0 Å². The predicted octanol–water partition coefficient (Wildman–Crippen LogP) is 1.32. The van der Waals surface area contributed by atoms with E-state index in [9.17, 15) is 13.2 Å². The maximum Gasteiger partial charge on any atom is 0.433 e. The first-order chi connectivity index (χ1) is 9.90. The van der Waals surface area contributed by atoms with Gasteiger partial charge in [0.15, 0.2) is 5.69 Å². The molecule has 0 saturated carbocycles. The van der Waals surface area contributed by atoms with Gasteiger partial charge in [-0.1, -0.05) is 0 Å². The molecule has 0 spiro atoms. The van der Waals surface area contributed by atoms with Crippen LogP contribution in [0.2, 0.25) is 0 Å². The molecule has 0 bridgehead atoms. The molecule has 0 aliphatic heterocycles. The molecule has 0 amide bonds. The van der Waals surface area contributed by atoms with Gasteiger partial charge >= 0.3 is 6.18 Å². The topological polar surface area (TPSA) is 80.5 Å². The summed E-state index contributed by atoms with van der Waals surface area (Å²) in [4.78, 5) is 7.31. The highest BCUT2D eigenvalue weighted by atomic mass is 19.4. The Balaban J connectivity index is 2.07. The Kier molecular flexibility index (Phi) is 4.24. The molecule has 0 aliphatic carbocycles. The van der Waals surface area contributed by atoms with Crippen molar-refractivity contribution in [1.29, 1.82) is 0 Å². The highest BCUT2D eigenvalue weighted by molar-refractivity contribution is 5.42. The molecular weight excluding hydrogens is 287 g/mol. The van der Waals surface area contributed by atoms with Gasteiger partial charge in [0.25, 0.3) is 0 Å². The number of aryl methyl sites for hydroxylation is 1. The lowest BCUT2D eigenvalue weighted by molar-refractivity contribution is -0.141. The molecule has 114 valence electrons. The smallest absolute Gasteiger partial charge is 0.369 e. The average molecular weight is 301 g/mol. The van der Waals surface area contributed by atoms with Crippen molar-refractivity contribution in [2.75, 3.05) is 24.2 Å². The molecule has 0 saturated heterocycles. The van der Waals surface area contributed by atoms with Crippen molar-refractivity contribution in [3.63, 3.8) is 0 Å². The summed E-state index contributed by atoms with van der Waals surface area (Å²) < 4.78 is 39.9. The number of nitrogens with zero attached hydrogens (tertiary/aromatic N) is 5. The fourth-order valence-corrected chi connectivity index (χ4v) is 1.63. The van der Waals surface area contributed by atoms with Crippen LogP contribution in [0, 0.1) is 0 Å². The van der Waals surface area contributed by atoms with Crippen molar-refractivity contribution in [2.24, 2.45) is 7.05 Å². The molecule has 2 aromatic rings. The Bertz CT molecular complexity index is 608. The molecule has 0 aliphatic rings. The minimum absolute atomic E-state index is 0.0917. The quantitative estimate of drug-likeness (QED) is 0.867. The van der Waals surface area contributed by atoms with Crippen molar-refractivity contribution in [3.05, 3.63) is 23.9 Å². The van der Waals surface area contributed by atoms with Gasteiger partial charge in [0.2, 0.25) is 5.95 Å². The largest absolute Gasteiger partial charge is 0.433 e. The summed E-state index contributed by atoms with van der Waals surface area (Å²) in [6.45, 7) is 0.379. The van der Waals surface area contributed by atoms with Crippen molar-refractivity contribution < 1.29 is 13.2 Å². The zero-order valence-corrected chi connectivity index (χ0v) is 11.4. The van der Waals surface area contributed by atoms with Crippen molar-refractivity contribution >= 4 is 11.8 Å². The first-order valence-corrected chi connectivity index (χ1v) is 6.11. The molecule has 2 N–H and O–H groups in total. The first-order valence-electron chi connectivity index (χ1n) is 6.11. The van der Waals surface area contributed by atoms with Crippen LogP contribution in [0.1, 0.15) is 11.5 Å². The summed E-state index contributed by atoms with van der Waals surface area (Å²) in [5.74, 6) is 0.733. The van der Waals surface area contributed by atoms with E-state index < -0.39 is 11.9 Å². The lowest BCUT2D eigenvalue weighted by Crippen LogP contribution is -2.14. The third-order valence-electron chi connectivity index (χ3n) is 2.70. The number of hydrogen-bond acceptors (Lipinski definition) is 6. The molecule has 7 nitrogen and oxygen atoms in total. The Morgan fingerprint density at radius 1 is 1.29 bits per heavy atom. The van der Waals surface area contributed by atoms with Crippen molar-refractivity contribution in [2.45, 2.75) is 12.6 Å². The number of halogens is 3. The number of hydrogen-bond donors (Lipinski definition) is 2. The van der Waals surface area contributed by atoms with Gasteiger partial charge in [-0.3, -0.25) is 0 Å². The van der Waals surface area contributed by atoms with E-state index in [1.165, 1.54) is 7.05 Å². The molecule has 10 heteroatoms. The third kappa shape index (κ3) is 3.80. The number of anilines is 2. The van der Waals surface area contributed by atoms with Crippen LogP contribution in [0.5, 0.6) is 0 Å². The van der Waals surface area contributed by atoms with Gasteiger partial charge in [-0.05, 0) is 0 Å². The monoisotopic (exact) mass is 301 g/mol. The summed E-state index contributed by atoms with van der Waals surface area (Å²) in [5.41, 5.74) is -0.997. The zero-order valence-electron chi connectivity index (χ0n) is 11.4. The number of aromatic nitrogens is 5. The van der Waals surface area contributed by atoms with Crippen LogP contribution >= 0.6 is 0 Å². The second-order valence-electron chi connectivity index (χ2n) is 4.24. The maximum absolute atomic E-state index is 12.7. The molecule has 0 radical (unpaired) electrons. The minimum atomic E-state index is -4.52. The van der Waals surface area contributed by atoms with Crippen molar-refractivity contribution in [3.8, 4) is 0 Å². The van der Waals surface area contributed by atoms with Crippen LogP contribution < -0.4 is 10.6 Å². The molecule has 0 fully saturated rings. The molecule has 0 aromatic carbocycles. The van der Waals surface area contributed by atoms with E-state index in [-0.39, 0.29) is 11.8 Å². The van der Waals surface area contributed by atoms with Gasteiger partial charge in [-0.15, -0.1) is 10.2 Å². The molecule has 2 heterocycles. The number of alkyl halides is 3. The Hall–Kier alpha value is -2.39. The summed E-state index contributed by atoms with van der Waals surface area (Å²) in [5, 5.41) is 12.9. The van der Waals surface area contributed by atoms with E-state index in [2.05, 4.69) is 30.8 Å². The van der Waals surface area contributed by atoms with Gasteiger partial charge in [-0.25, -0.2) is 4.98 Å². The van der Waals surface area contributed by atoms with E-state index in [1.54, 1.807) is 17.9 Å². The fraction of sp³-hybridized carbons (Fsp3) is 0.455. The van der Waals surface area contributed by atoms with Gasteiger partial charge in [0, 0.05) is 33.1 Å². The lowest BCUT2D eigenvalue weighted by Gasteiger charge is -2.11. The highest BCUT2D eigenvalue weighted by Crippen LogP contribution is 2.29. The average Bonchev–Trinajstić information content (AvgIpc) is 2.83. The second-order valence-corrected chi connectivity index (χ2v) is 4.24. The Morgan fingerprint density at radius 2 is 2.05 bits per heavy atom. The van der Waals surface area contributed by atoms with Crippen LogP contribution in [0.3, 0.4) is 0 Å². The van der Waals surface area contributed by atoms with Crippen molar-refractivity contribution in [1.82, 2.24) is 24.7 Å². The summed E-state index contributed by atoms with van der Waals surface area (Å²) in [7, 11) is 3.25. The Labute approximate surface area is 118 Å². The van der Waals surface area contributed by atoms with Crippen LogP contribution in [0.4, 0.5) is 24.9 Å². The SMILES string of the molecule is CNc1nc(NCCc2nncn2C)cc(C(F)(F)F)n1. The number of rotatable bonds is 5. The van der Waals surface area contributed by atoms with E-state index >= 15 is 0 Å². The van der Waals surface area contributed by atoms with E-state index in [0.29, 0.717) is 13.0 Å². The van der Waals surface area contributed by atoms with Gasteiger partial charge in [-0.2, -0.15) is 18.2 Å². The molecule has 21 heavy (non-hydrogen) atoms. The van der Waals surface area contributed by atoms with Crippen LogP contribution in [-0.2, 0) is 19.6 Å². The normalized spacial score (nSPS) is 11.5. The van der Waals surface area contributed by atoms with Crippen LogP contribution in [-0.4, -0.2) is 38.3 Å². The van der Waals surface area contributed by atoms with Gasteiger partial charge in [0.1, 0.15) is 18.0 Å². The molecule has 0 unspecified atom stereocenters. The van der Waals surface area contributed by atoms with Gasteiger partial charge in [0.05, 0.1) is 0 Å². The number of nitrogens with one attached hydrogen (secondary N) is 2. The molecular formula is C11H14F3N7. The van der Waals surface area contributed by atoms with Crippen LogP contribution in [0.25, 0.3) is 0 Å². The predicted molar refractivity (Wildman–Crippen MR) is 69.8 cm³/mol. The molecule has 2 aromatic heterocycles. The zero-order chi connectivity index (χ0) is 15.5. The van der Waals surface area contributed by atoms with Gasteiger partial charge < -0.3 is 15.2 Å². The summed E-state index contributed by atoms with van der Waals surface area (Å²) >= 11 is 0. The fourth-order valence-electron chi connectivity index (χ4n) is 1.63. The molecule has 2 rings (SSSR count). The van der Waals surface area contributed by atoms with Crippen LogP contribution in [0.15, 0.2) is 12.4 Å².